The largest absolute Gasteiger partial charge is 0.335 e. The van der Waals surface area contributed by atoms with E-state index in [0.717, 1.165) is 23.2 Å². The van der Waals surface area contributed by atoms with Gasteiger partial charge in [0.05, 0.1) is 13.1 Å². The summed E-state index contributed by atoms with van der Waals surface area (Å²) in [5.41, 5.74) is 2.90. The molecule has 1 N–H and O–H groups in total. The van der Waals surface area contributed by atoms with Crippen molar-refractivity contribution in [1.29, 1.82) is 0 Å². The molecule has 0 aromatic heterocycles. The lowest BCUT2D eigenvalue weighted by Crippen LogP contribution is -2.40. The maximum absolute atomic E-state index is 12.4. The highest BCUT2D eigenvalue weighted by Crippen LogP contribution is 2.15. The number of carbonyl (C=O) groups is 2. The Morgan fingerprint density at radius 1 is 1.04 bits per heavy atom. The molecule has 0 fully saturated rings. The summed E-state index contributed by atoms with van der Waals surface area (Å²) in [6.45, 7) is 2.89. The predicted molar refractivity (Wildman–Crippen MR) is 110 cm³/mol. The van der Waals surface area contributed by atoms with Crippen LogP contribution in [0.2, 0.25) is 5.02 Å². The number of amides is 2. The number of likely N-dealkylation sites (N-methyl/N-ethyl adjacent to an activating group) is 2. The van der Waals surface area contributed by atoms with Crippen molar-refractivity contribution < 1.29 is 9.59 Å². The molecule has 0 bridgehead atoms. The minimum atomic E-state index is -0.204. The summed E-state index contributed by atoms with van der Waals surface area (Å²) in [6, 6.07) is 15.2. The smallest absolute Gasteiger partial charge is 0.243 e. The Morgan fingerprint density at radius 2 is 1.78 bits per heavy atom. The van der Waals surface area contributed by atoms with Crippen LogP contribution >= 0.6 is 11.6 Å². The number of hydrogen-bond acceptors (Lipinski definition) is 3. The quantitative estimate of drug-likeness (QED) is 0.755. The van der Waals surface area contributed by atoms with Crippen LogP contribution in [-0.2, 0) is 22.6 Å². The number of halogens is 1. The van der Waals surface area contributed by atoms with E-state index in [1.165, 1.54) is 4.90 Å². The van der Waals surface area contributed by atoms with Gasteiger partial charge in [0.15, 0.2) is 0 Å². The number of nitrogens with one attached hydrogen (secondary N) is 1. The van der Waals surface area contributed by atoms with Crippen molar-refractivity contribution in [1.82, 2.24) is 9.80 Å². The molecule has 6 heteroatoms. The fourth-order valence-electron chi connectivity index (χ4n) is 2.80. The third kappa shape index (κ3) is 6.70. The van der Waals surface area contributed by atoms with Crippen LogP contribution in [0, 0.1) is 0 Å². The van der Waals surface area contributed by atoms with Gasteiger partial charge in [-0.2, -0.15) is 0 Å². The van der Waals surface area contributed by atoms with Gasteiger partial charge in [0.25, 0.3) is 0 Å². The zero-order valence-electron chi connectivity index (χ0n) is 16.0. The number of para-hydroxylation sites is 1. The van der Waals surface area contributed by atoms with E-state index in [1.807, 2.05) is 67.4 Å². The summed E-state index contributed by atoms with van der Waals surface area (Å²) in [5, 5.41) is 3.56. The van der Waals surface area contributed by atoms with Gasteiger partial charge in [0, 0.05) is 24.3 Å². The minimum absolute atomic E-state index is 0.0158. The van der Waals surface area contributed by atoms with Crippen molar-refractivity contribution in [3.05, 3.63) is 64.7 Å². The highest BCUT2D eigenvalue weighted by molar-refractivity contribution is 6.30. The van der Waals surface area contributed by atoms with Crippen LogP contribution < -0.4 is 5.32 Å². The number of rotatable bonds is 8. The molecule has 0 radical (unpaired) electrons. The minimum Gasteiger partial charge on any atom is -0.335 e. The number of hydrogen-bond donors (Lipinski definition) is 1. The molecule has 2 rings (SSSR count). The fourth-order valence-corrected chi connectivity index (χ4v) is 3.01. The Bertz CT molecular complexity index is 795. The Hall–Kier alpha value is -2.37. The van der Waals surface area contributed by atoms with Crippen molar-refractivity contribution in [2.75, 3.05) is 32.5 Å². The van der Waals surface area contributed by atoms with Gasteiger partial charge in [-0.05, 0) is 42.8 Å². The molecule has 144 valence electrons. The van der Waals surface area contributed by atoms with Crippen molar-refractivity contribution in [2.24, 2.45) is 0 Å². The SMILES string of the molecule is CCc1ccccc1NC(=O)CN(C)C(=O)CN(C)Cc1cccc(Cl)c1. The average molecular weight is 388 g/mol. The second kappa shape index (κ2) is 10.1. The van der Waals surface area contributed by atoms with Crippen LogP contribution in [0.1, 0.15) is 18.1 Å². The monoisotopic (exact) mass is 387 g/mol. The number of carbonyl (C=O) groups excluding carboxylic acids is 2. The first kappa shape index (κ1) is 20.9. The first-order valence-electron chi connectivity index (χ1n) is 8.93. The van der Waals surface area contributed by atoms with Gasteiger partial charge in [-0.15, -0.1) is 0 Å². The van der Waals surface area contributed by atoms with Gasteiger partial charge >= 0.3 is 0 Å². The highest BCUT2D eigenvalue weighted by atomic mass is 35.5. The zero-order chi connectivity index (χ0) is 19.8. The lowest BCUT2D eigenvalue weighted by molar-refractivity contribution is -0.134. The molecule has 0 saturated carbocycles. The topological polar surface area (TPSA) is 52.7 Å². The van der Waals surface area contributed by atoms with Crippen molar-refractivity contribution in [3.63, 3.8) is 0 Å². The van der Waals surface area contributed by atoms with E-state index >= 15 is 0 Å². The van der Waals surface area contributed by atoms with Gasteiger partial charge in [-0.3, -0.25) is 14.5 Å². The molecule has 0 aliphatic heterocycles. The molecule has 0 aliphatic carbocycles. The molecule has 0 atom stereocenters. The summed E-state index contributed by atoms with van der Waals surface area (Å²) in [5.74, 6) is -0.317. The lowest BCUT2D eigenvalue weighted by atomic mass is 10.1. The van der Waals surface area contributed by atoms with Gasteiger partial charge in [0.2, 0.25) is 11.8 Å². The van der Waals surface area contributed by atoms with Gasteiger partial charge in [0.1, 0.15) is 0 Å². The molecule has 0 heterocycles. The molecular weight excluding hydrogens is 362 g/mol. The molecule has 0 spiro atoms. The van der Waals surface area contributed by atoms with E-state index in [0.29, 0.717) is 11.6 Å². The maximum Gasteiger partial charge on any atom is 0.243 e. The first-order chi connectivity index (χ1) is 12.9. The summed E-state index contributed by atoms with van der Waals surface area (Å²) in [6.07, 6.45) is 0.833. The van der Waals surface area contributed by atoms with E-state index < -0.39 is 0 Å². The summed E-state index contributed by atoms with van der Waals surface area (Å²) >= 11 is 5.99. The maximum atomic E-state index is 12.4. The van der Waals surface area contributed by atoms with Crippen molar-refractivity contribution >= 4 is 29.1 Å². The Morgan fingerprint density at radius 3 is 2.48 bits per heavy atom. The number of nitrogens with zero attached hydrogens (tertiary/aromatic N) is 2. The molecule has 2 aromatic rings. The second-order valence-corrected chi connectivity index (χ2v) is 7.05. The molecule has 0 aliphatic rings. The molecule has 5 nitrogen and oxygen atoms in total. The normalized spacial score (nSPS) is 10.7. The van der Waals surface area contributed by atoms with Gasteiger partial charge < -0.3 is 10.2 Å². The Labute approximate surface area is 165 Å². The van der Waals surface area contributed by atoms with Crippen LogP contribution in [0.15, 0.2) is 48.5 Å². The Balaban J connectivity index is 1.84. The van der Waals surface area contributed by atoms with Crippen LogP contribution in [0.3, 0.4) is 0 Å². The molecule has 27 heavy (non-hydrogen) atoms. The molecular formula is C21H26ClN3O2. The van der Waals surface area contributed by atoms with E-state index in [4.69, 9.17) is 11.6 Å². The Kier molecular flexibility index (Phi) is 7.82. The molecule has 0 unspecified atom stereocenters. The number of anilines is 1. The highest BCUT2D eigenvalue weighted by Gasteiger charge is 2.16. The zero-order valence-corrected chi connectivity index (χ0v) is 16.8. The standard InChI is InChI=1S/C21H26ClN3O2/c1-4-17-9-5-6-11-19(17)23-20(26)14-25(3)21(27)15-24(2)13-16-8-7-10-18(22)12-16/h5-12H,4,13-15H2,1-3H3,(H,23,26). The predicted octanol–water partition coefficient (Wildman–Crippen LogP) is 3.43. The molecule has 2 aromatic carbocycles. The van der Waals surface area contributed by atoms with E-state index in [-0.39, 0.29) is 24.9 Å². The summed E-state index contributed by atoms with van der Waals surface area (Å²) in [7, 11) is 3.51. The molecule has 2 amide bonds. The average Bonchev–Trinajstić information content (AvgIpc) is 2.61. The third-order valence-electron chi connectivity index (χ3n) is 4.23. The van der Waals surface area contributed by atoms with Crippen molar-refractivity contribution in [2.45, 2.75) is 19.9 Å². The van der Waals surface area contributed by atoms with Crippen LogP contribution in [0.5, 0.6) is 0 Å². The first-order valence-corrected chi connectivity index (χ1v) is 9.31. The van der Waals surface area contributed by atoms with Gasteiger partial charge in [-0.25, -0.2) is 0 Å². The van der Waals surface area contributed by atoms with Crippen LogP contribution in [-0.4, -0.2) is 48.8 Å². The number of aryl methyl sites for hydroxylation is 1. The van der Waals surface area contributed by atoms with Crippen LogP contribution in [0.4, 0.5) is 5.69 Å². The van der Waals surface area contributed by atoms with Crippen molar-refractivity contribution in [3.8, 4) is 0 Å². The summed E-state index contributed by atoms with van der Waals surface area (Å²) < 4.78 is 0. The molecule has 0 saturated heterocycles. The van der Waals surface area contributed by atoms with E-state index in [9.17, 15) is 9.59 Å². The third-order valence-corrected chi connectivity index (χ3v) is 4.46. The van der Waals surface area contributed by atoms with E-state index in [1.54, 1.807) is 7.05 Å². The summed E-state index contributed by atoms with van der Waals surface area (Å²) in [4.78, 5) is 28.0. The fraction of sp³-hybridized carbons (Fsp3) is 0.333. The lowest BCUT2D eigenvalue weighted by Gasteiger charge is -2.22. The number of benzene rings is 2. The second-order valence-electron chi connectivity index (χ2n) is 6.61. The van der Waals surface area contributed by atoms with E-state index in [2.05, 4.69) is 5.32 Å². The van der Waals surface area contributed by atoms with Gasteiger partial charge in [-0.1, -0.05) is 48.9 Å². The van der Waals surface area contributed by atoms with Crippen LogP contribution in [0.25, 0.3) is 0 Å².